The van der Waals surface area contributed by atoms with Crippen molar-refractivity contribution in [3.63, 3.8) is 0 Å². The first kappa shape index (κ1) is 18.2. The molecule has 2 aromatic rings. The van der Waals surface area contributed by atoms with Gasteiger partial charge in [-0.05, 0) is 24.8 Å². The second-order valence-corrected chi connectivity index (χ2v) is 7.73. The summed E-state index contributed by atoms with van der Waals surface area (Å²) >= 11 is 6.14. The Hall–Kier alpha value is -2.19. The zero-order valence-electron chi connectivity index (χ0n) is 15.8. The smallest absolute Gasteiger partial charge is 0.275 e. The molecule has 1 spiro atoms. The Kier molecular flexibility index (Phi) is 4.55. The molecule has 0 aliphatic carbocycles. The lowest BCUT2D eigenvalue weighted by atomic mass is 9.83. The number of aromatic nitrogens is 4. The number of carbonyl (C=O) groups is 1. The third-order valence-electron chi connectivity index (χ3n) is 5.28. The maximum atomic E-state index is 12.8. The number of anilines is 1. The molecule has 2 aliphatic rings. The van der Waals surface area contributed by atoms with Gasteiger partial charge in [0.25, 0.3) is 5.91 Å². The quantitative estimate of drug-likeness (QED) is 0.775. The summed E-state index contributed by atoms with van der Waals surface area (Å²) in [5.41, 5.74) is 1.96. The van der Waals surface area contributed by atoms with Crippen molar-refractivity contribution in [1.29, 1.82) is 0 Å². The van der Waals surface area contributed by atoms with Crippen LogP contribution in [0.2, 0.25) is 5.02 Å². The monoisotopic (exact) mass is 390 g/mol. The lowest BCUT2D eigenvalue weighted by Crippen LogP contribution is -2.49. The maximum absolute atomic E-state index is 12.8. The number of piperidine rings is 1. The molecule has 8 nitrogen and oxygen atoms in total. The number of likely N-dealkylation sites (tertiary alicyclic amines) is 1. The van der Waals surface area contributed by atoms with Crippen LogP contribution in [0.25, 0.3) is 0 Å². The van der Waals surface area contributed by atoms with Gasteiger partial charge in [-0.25, -0.2) is 9.97 Å². The molecule has 2 aliphatic heterocycles. The summed E-state index contributed by atoms with van der Waals surface area (Å²) in [5.74, 6) is 0.542. The molecule has 0 unspecified atom stereocenters. The second-order valence-electron chi connectivity index (χ2n) is 7.32. The van der Waals surface area contributed by atoms with Gasteiger partial charge in [-0.1, -0.05) is 11.6 Å². The van der Waals surface area contributed by atoms with Gasteiger partial charge >= 0.3 is 0 Å². The van der Waals surface area contributed by atoms with Crippen LogP contribution in [-0.4, -0.2) is 64.3 Å². The fourth-order valence-electron chi connectivity index (χ4n) is 3.82. The van der Waals surface area contributed by atoms with E-state index >= 15 is 0 Å². The van der Waals surface area contributed by atoms with Gasteiger partial charge in [0.15, 0.2) is 5.69 Å². The van der Waals surface area contributed by atoms with Gasteiger partial charge in [-0.2, -0.15) is 5.10 Å². The van der Waals surface area contributed by atoms with Crippen molar-refractivity contribution in [2.24, 2.45) is 7.05 Å². The molecule has 0 bridgehead atoms. The van der Waals surface area contributed by atoms with Crippen molar-refractivity contribution >= 4 is 23.5 Å². The third kappa shape index (κ3) is 3.17. The van der Waals surface area contributed by atoms with E-state index in [1.54, 1.807) is 22.8 Å². The molecule has 4 heterocycles. The largest absolute Gasteiger partial charge is 0.368 e. The van der Waals surface area contributed by atoms with Crippen LogP contribution in [0, 0.1) is 0 Å². The minimum Gasteiger partial charge on any atom is -0.368 e. The number of fused-ring (bicyclic) bond motifs is 2. The Morgan fingerprint density at radius 1 is 1.33 bits per heavy atom. The molecule has 1 fully saturated rings. The molecule has 144 valence electrons. The van der Waals surface area contributed by atoms with E-state index in [-0.39, 0.29) is 5.91 Å². The number of amides is 1. The number of carbonyl (C=O) groups excluding carboxylic acids is 1. The average molecular weight is 391 g/mol. The molecule has 27 heavy (non-hydrogen) atoms. The predicted molar refractivity (Wildman–Crippen MR) is 101 cm³/mol. The zero-order valence-corrected chi connectivity index (χ0v) is 16.5. The van der Waals surface area contributed by atoms with Gasteiger partial charge < -0.3 is 14.5 Å². The van der Waals surface area contributed by atoms with Crippen molar-refractivity contribution in [1.82, 2.24) is 24.6 Å². The Bertz CT molecular complexity index is 873. The zero-order chi connectivity index (χ0) is 19.2. The highest BCUT2D eigenvalue weighted by Gasteiger charge is 2.44. The summed E-state index contributed by atoms with van der Waals surface area (Å²) in [5, 5.41) is 4.57. The van der Waals surface area contributed by atoms with Crippen LogP contribution in [0.4, 0.5) is 5.95 Å². The van der Waals surface area contributed by atoms with E-state index in [1.165, 1.54) is 0 Å². The first-order chi connectivity index (χ1) is 12.9. The van der Waals surface area contributed by atoms with E-state index in [0.717, 1.165) is 17.7 Å². The van der Waals surface area contributed by atoms with Gasteiger partial charge in [0.2, 0.25) is 5.95 Å². The fraction of sp³-hybridized carbons (Fsp3) is 0.556. The summed E-state index contributed by atoms with van der Waals surface area (Å²) in [6.45, 7) is 1.80. The lowest BCUT2D eigenvalue weighted by molar-refractivity contribution is -0.0967. The van der Waals surface area contributed by atoms with Crippen molar-refractivity contribution < 1.29 is 9.53 Å². The lowest BCUT2D eigenvalue weighted by Gasteiger charge is -2.44. The number of nitrogens with zero attached hydrogens (tertiary/aromatic N) is 6. The topological polar surface area (TPSA) is 76.4 Å². The Labute approximate surface area is 163 Å². The molecule has 0 radical (unpaired) electrons. The van der Waals surface area contributed by atoms with Crippen LogP contribution < -0.4 is 4.90 Å². The molecule has 1 saturated heterocycles. The van der Waals surface area contributed by atoms with Gasteiger partial charge in [0.05, 0.1) is 17.3 Å². The van der Waals surface area contributed by atoms with Crippen LogP contribution in [-0.2, 0) is 23.8 Å². The third-order valence-corrected chi connectivity index (χ3v) is 5.55. The van der Waals surface area contributed by atoms with Crippen LogP contribution >= 0.6 is 11.6 Å². The first-order valence-electron chi connectivity index (χ1n) is 9.06. The van der Waals surface area contributed by atoms with Crippen molar-refractivity contribution in [3.8, 4) is 0 Å². The van der Waals surface area contributed by atoms with Crippen LogP contribution in [0.3, 0.4) is 0 Å². The summed E-state index contributed by atoms with van der Waals surface area (Å²) in [7, 11) is 5.61. The van der Waals surface area contributed by atoms with E-state index < -0.39 is 5.60 Å². The van der Waals surface area contributed by atoms with E-state index in [9.17, 15) is 4.79 Å². The molecule has 1 amide bonds. The van der Waals surface area contributed by atoms with Crippen LogP contribution in [0.5, 0.6) is 0 Å². The molecular formula is C18H23ClN6O2. The van der Waals surface area contributed by atoms with E-state index in [4.69, 9.17) is 21.3 Å². The molecule has 0 atom stereocenters. The molecule has 0 N–H and O–H groups in total. The number of halogens is 1. The molecule has 2 aromatic heterocycles. The maximum Gasteiger partial charge on any atom is 0.275 e. The van der Waals surface area contributed by atoms with Crippen LogP contribution in [0.1, 0.15) is 34.6 Å². The average Bonchev–Trinajstić information content (AvgIpc) is 3.00. The van der Waals surface area contributed by atoms with E-state index in [0.29, 0.717) is 49.2 Å². The SMILES string of the molecule is CN(C)c1ncc2c(n1)C1(CCN(C(=O)c3nn(C)cc3Cl)CC1)OCC2. The molecule has 4 rings (SSSR count). The molecular weight excluding hydrogens is 368 g/mol. The standard InChI is InChI=1S/C18H23ClN6O2/c1-23(2)17-20-10-12-4-9-27-18(15(12)21-17)5-7-25(8-6-18)16(26)14-13(19)11-24(3)22-14/h10-11H,4-9H2,1-3H3. The first-order valence-corrected chi connectivity index (χ1v) is 9.43. The fourth-order valence-corrected chi connectivity index (χ4v) is 4.08. The summed E-state index contributed by atoms with van der Waals surface area (Å²) < 4.78 is 7.79. The highest BCUT2D eigenvalue weighted by molar-refractivity contribution is 6.33. The summed E-state index contributed by atoms with van der Waals surface area (Å²) in [6, 6.07) is 0. The number of hydrogen-bond acceptors (Lipinski definition) is 6. The van der Waals surface area contributed by atoms with Gasteiger partial charge in [0, 0.05) is 46.6 Å². The Morgan fingerprint density at radius 2 is 2.07 bits per heavy atom. The van der Waals surface area contributed by atoms with Crippen molar-refractivity contribution in [2.75, 3.05) is 38.7 Å². The van der Waals surface area contributed by atoms with Gasteiger partial charge in [0.1, 0.15) is 5.60 Å². The minimum atomic E-state index is -0.452. The molecule has 0 saturated carbocycles. The van der Waals surface area contributed by atoms with Crippen LogP contribution in [0.15, 0.2) is 12.4 Å². The number of hydrogen-bond donors (Lipinski definition) is 0. The van der Waals surface area contributed by atoms with Gasteiger partial charge in [-0.15, -0.1) is 0 Å². The number of rotatable bonds is 2. The van der Waals surface area contributed by atoms with Crippen molar-refractivity contribution in [3.05, 3.63) is 34.4 Å². The van der Waals surface area contributed by atoms with E-state index in [2.05, 4.69) is 10.1 Å². The summed E-state index contributed by atoms with van der Waals surface area (Å²) in [6.07, 6.45) is 5.75. The molecule has 9 heteroatoms. The van der Waals surface area contributed by atoms with E-state index in [1.807, 2.05) is 25.2 Å². The van der Waals surface area contributed by atoms with Gasteiger partial charge in [-0.3, -0.25) is 9.48 Å². The molecule has 0 aromatic carbocycles. The number of aryl methyl sites for hydroxylation is 1. The highest BCUT2D eigenvalue weighted by Crippen LogP contribution is 2.41. The predicted octanol–water partition coefficient (Wildman–Crippen LogP) is 1.63. The Balaban J connectivity index is 1.56. The second kappa shape index (κ2) is 6.76. The Morgan fingerprint density at radius 3 is 2.70 bits per heavy atom. The highest BCUT2D eigenvalue weighted by atomic mass is 35.5. The van der Waals surface area contributed by atoms with Crippen molar-refractivity contribution in [2.45, 2.75) is 24.9 Å². The summed E-state index contributed by atoms with van der Waals surface area (Å²) in [4.78, 5) is 25.7. The number of ether oxygens (including phenoxy) is 1. The normalized spacial score (nSPS) is 18.4. The minimum absolute atomic E-state index is 0.136.